The Morgan fingerprint density at radius 2 is 0.920 bits per heavy atom. The van der Waals surface area contributed by atoms with Gasteiger partial charge in [0.25, 0.3) is 0 Å². The summed E-state index contributed by atoms with van der Waals surface area (Å²) >= 11 is 0. The number of aryl methyl sites for hydroxylation is 2. The highest BCUT2D eigenvalue weighted by molar-refractivity contribution is 6.00. The van der Waals surface area contributed by atoms with E-state index in [-0.39, 0.29) is 12.0 Å². The third-order valence-electron chi connectivity index (χ3n) is 16.7. The van der Waals surface area contributed by atoms with Crippen molar-refractivity contribution < 1.29 is 0 Å². The van der Waals surface area contributed by atoms with Gasteiger partial charge in [0.15, 0.2) is 0 Å². The number of nitrogens with zero attached hydrogens (tertiary/aromatic N) is 2. The molecule has 2 unspecified atom stereocenters. The van der Waals surface area contributed by atoms with Crippen molar-refractivity contribution in [3.8, 4) is 55.6 Å². The normalized spacial score (nSPS) is 15.8. The van der Waals surface area contributed by atoms with Crippen molar-refractivity contribution in [1.29, 1.82) is 0 Å². The number of hydrogen-bond acceptors (Lipinski definition) is 2. The van der Waals surface area contributed by atoms with Crippen LogP contribution in [0.5, 0.6) is 0 Å². The molecule has 0 fully saturated rings. The molecule has 0 saturated heterocycles. The standard InChI is InChI=1S/C73H52N2/c1-47-26-41-62-63-42-27-48(2)45-69(63)73(68(62)44-47)67-24-10-8-19-61(67)65-23-13-22-60(72(65)73)52-32-39-57(40-33-52)74(56-37-30-51(31-38-56)59-21-12-15-50-14-6-7-18-58(50)59)55-35-28-49(29-36-55)53-34-43-71-66(46-53)64-20-9-11-25-70(64)75(71)54-16-4-3-5-17-54/h3-46,64,70H,1-2H3. The van der Waals surface area contributed by atoms with Crippen LogP contribution in [0.2, 0.25) is 0 Å². The lowest BCUT2D eigenvalue weighted by molar-refractivity contribution is 0.745. The van der Waals surface area contributed by atoms with Crippen molar-refractivity contribution in [3.05, 3.63) is 306 Å². The van der Waals surface area contributed by atoms with Gasteiger partial charge >= 0.3 is 0 Å². The Bertz CT molecular complexity index is 4090. The molecule has 2 nitrogen and oxygen atoms in total. The minimum Gasteiger partial charge on any atom is -0.333 e. The molecule has 4 aliphatic rings. The Balaban J connectivity index is 0.843. The third-order valence-corrected chi connectivity index (χ3v) is 16.7. The largest absolute Gasteiger partial charge is 0.333 e. The zero-order valence-corrected chi connectivity index (χ0v) is 42.0. The molecule has 1 aliphatic heterocycles. The van der Waals surface area contributed by atoms with Crippen molar-refractivity contribution in [2.24, 2.45) is 0 Å². The van der Waals surface area contributed by atoms with Crippen LogP contribution in [0.25, 0.3) is 66.4 Å². The van der Waals surface area contributed by atoms with Crippen molar-refractivity contribution in [3.63, 3.8) is 0 Å². The number of anilines is 5. The van der Waals surface area contributed by atoms with Gasteiger partial charge in [0.05, 0.1) is 11.5 Å². The number of benzene rings is 11. The Morgan fingerprint density at radius 1 is 0.387 bits per heavy atom. The van der Waals surface area contributed by atoms with Crippen LogP contribution in [0.1, 0.15) is 44.9 Å². The Labute approximate surface area is 439 Å². The fourth-order valence-corrected chi connectivity index (χ4v) is 13.4. The van der Waals surface area contributed by atoms with Crippen LogP contribution >= 0.6 is 0 Å². The van der Waals surface area contributed by atoms with Gasteiger partial charge in [0, 0.05) is 34.4 Å². The first-order valence-electron chi connectivity index (χ1n) is 26.4. The number of rotatable bonds is 7. The van der Waals surface area contributed by atoms with E-state index in [2.05, 4.69) is 291 Å². The zero-order valence-electron chi connectivity index (χ0n) is 42.0. The monoisotopic (exact) mass is 956 g/mol. The van der Waals surface area contributed by atoms with E-state index in [1.54, 1.807) is 0 Å². The predicted molar refractivity (Wildman–Crippen MR) is 314 cm³/mol. The van der Waals surface area contributed by atoms with Crippen LogP contribution in [0.4, 0.5) is 28.4 Å². The summed E-state index contributed by atoms with van der Waals surface area (Å²) in [6.07, 6.45) is 9.11. The summed E-state index contributed by atoms with van der Waals surface area (Å²) in [5.41, 5.74) is 27.3. The highest BCUT2D eigenvalue weighted by atomic mass is 15.2. The molecule has 11 aromatic carbocycles. The van der Waals surface area contributed by atoms with Gasteiger partial charge in [-0.15, -0.1) is 0 Å². The van der Waals surface area contributed by atoms with E-state index in [9.17, 15) is 0 Å². The molecule has 0 bridgehead atoms. The van der Waals surface area contributed by atoms with Crippen LogP contribution in [-0.4, -0.2) is 6.04 Å². The summed E-state index contributed by atoms with van der Waals surface area (Å²) in [6.45, 7) is 4.47. The molecule has 0 aromatic heterocycles. The van der Waals surface area contributed by atoms with Crippen LogP contribution < -0.4 is 9.80 Å². The first-order valence-corrected chi connectivity index (χ1v) is 26.4. The highest BCUT2D eigenvalue weighted by Crippen LogP contribution is 2.65. The van der Waals surface area contributed by atoms with Gasteiger partial charge < -0.3 is 9.80 Å². The van der Waals surface area contributed by atoms with E-state index in [0.29, 0.717) is 0 Å². The van der Waals surface area contributed by atoms with Crippen molar-refractivity contribution >= 4 is 39.2 Å². The summed E-state index contributed by atoms with van der Waals surface area (Å²) in [7, 11) is 0. The smallest absolute Gasteiger partial charge is 0.0731 e. The molecule has 15 rings (SSSR count). The molecule has 3 aliphatic carbocycles. The van der Waals surface area contributed by atoms with E-state index in [1.807, 2.05) is 0 Å². The van der Waals surface area contributed by atoms with Gasteiger partial charge in [-0.05, 0) is 169 Å². The molecule has 2 atom stereocenters. The molecular weight excluding hydrogens is 905 g/mol. The molecule has 75 heavy (non-hydrogen) atoms. The van der Waals surface area contributed by atoms with E-state index < -0.39 is 5.41 Å². The Morgan fingerprint density at radius 3 is 1.64 bits per heavy atom. The zero-order chi connectivity index (χ0) is 49.8. The molecule has 0 saturated carbocycles. The summed E-state index contributed by atoms with van der Waals surface area (Å²) in [5.74, 6) is 0.288. The summed E-state index contributed by atoms with van der Waals surface area (Å²) in [4.78, 5) is 4.91. The maximum Gasteiger partial charge on any atom is 0.0731 e. The van der Waals surface area contributed by atoms with Gasteiger partial charge in [0.2, 0.25) is 0 Å². The van der Waals surface area contributed by atoms with Crippen molar-refractivity contribution in [2.45, 2.75) is 31.2 Å². The molecule has 354 valence electrons. The molecule has 0 radical (unpaired) electrons. The predicted octanol–water partition coefficient (Wildman–Crippen LogP) is 19.0. The van der Waals surface area contributed by atoms with E-state index in [0.717, 1.165) is 17.1 Å². The number of fused-ring (bicyclic) bond motifs is 14. The minimum atomic E-state index is -0.449. The van der Waals surface area contributed by atoms with E-state index in [4.69, 9.17) is 0 Å². The van der Waals surface area contributed by atoms with Crippen LogP contribution in [0.3, 0.4) is 0 Å². The molecule has 0 amide bonds. The Kier molecular flexibility index (Phi) is 9.78. The topological polar surface area (TPSA) is 6.48 Å². The molecular formula is C73H52N2. The summed E-state index contributed by atoms with van der Waals surface area (Å²) < 4.78 is 0. The lowest BCUT2D eigenvalue weighted by Crippen LogP contribution is -2.28. The van der Waals surface area contributed by atoms with Gasteiger partial charge in [0.1, 0.15) is 0 Å². The highest BCUT2D eigenvalue weighted by Gasteiger charge is 2.53. The number of allylic oxidation sites excluding steroid dienone is 2. The van der Waals surface area contributed by atoms with Gasteiger partial charge in [-0.2, -0.15) is 0 Å². The average Bonchev–Trinajstić information content (AvgIpc) is 4.29. The van der Waals surface area contributed by atoms with Crippen LogP contribution in [0, 0.1) is 13.8 Å². The maximum atomic E-state index is 2.50. The van der Waals surface area contributed by atoms with E-state index in [1.165, 1.54) is 117 Å². The molecule has 1 spiro atoms. The number of hydrogen-bond donors (Lipinski definition) is 0. The SMILES string of the molecule is Cc1ccc2c(c1)C1(c3cc(C)ccc3-2)c2ccccc2-c2cccc(-c3ccc(N(c4ccc(-c5ccc6c(c5)C5C=CC=CC5N6c5ccccc5)cc4)c4ccc(-c5cccc6ccccc56)cc4)cc3)c21. The molecule has 1 heterocycles. The van der Waals surface area contributed by atoms with Crippen molar-refractivity contribution in [1.82, 2.24) is 0 Å². The van der Waals surface area contributed by atoms with Crippen molar-refractivity contribution in [2.75, 3.05) is 9.80 Å². The number of para-hydroxylation sites is 1. The fourth-order valence-electron chi connectivity index (χ4n) is 13.4. The first-order chi connectivity index (χ1) is 37.0. The molecule has 0 N–H and O–H groups in total. The second-order valence-corrected chi connectivity index (χ2v) is 20.9. The lowest BCUT2D eigenvalue weighted by atomic mass is 9.68. The third kappa shape index (κ3) is 6.59. The van der Waals surface area contributed by atoms with Gasteiger partial charge in [-0.25, -0.2) is 0 Å². The second kappa shape index (κ2) is 16.9. The van der Waals surface area contributed by atoms with Crippen LogP contribution in [0.15, 0.2) is 267 Å². The average molecular weight is 957 g/mol. The summed E-state index contributed by atoms with van der Waals surface area (Å²) in [6, 6.07) is 91.3. The second-order valence-electron chi connectivity index (χ2n) is 20.9. The van der Waals surface area contributed by atoms with E-state index >= 15 is 0 Å². The maximum absolute atomic E-state index is 2.50. The van der Waals surface area contributed by atoms with Gasteiger partial charge in [-0.1, -0.05) is 217 Å². The molecule has 11 aromatic rings. The first kappa shape index (κ1) is 43.4. The fraction of sp³-hybridized carbons (Fsp3) is 0.0685. The quantitative estimate of drug-likeness (QED) is 0.157. The minimum absolute atomic E-state index is 0.252. The Hall–Kier alpha value is -9.24. The lowest BCUT2D eigenvalue weighted by Gasteiger charge is -2.32. The van der Waals surface area contributed by atoms with Gasteiger partial charge in [-0.3, -0.25) is 0 Å². The summed E-state index contributed by atoms with van der Waals surface area (Å²) in [5, 5.41) is 2.50. The van der Waals surface area contributed by atoms with Crippen LogP contribution in [-0.2, 0) is 5.41 Å². The molecule has 2 heteroatoms.